The highest BCUT2D eigenvalue weighted by molar-refractivity contribution is 6.42. The molecule has 0 radical (unpaired) electrons. The largest absolute Gasteiger partial charge is 0.437 e. The normalized spacial score (nSPS) is 16.3. The molecule has 6 heteroatoms. The molecule has 0 aliphatic carbocycles. The van der Waals surface area contributed by atoms with E-state index in [4.69, 9.17) is 33.0 Å². The van der Waals surface area contributed by atoms with E-state index in [1.54, 1.807) is 20.2 Å². The van der Waals surface area contributed by atoms with Crippen LogP contribution in [0.4, 0.5) is 0 Å². The number of halogens is 2. The van der Waals surface area contributed by atoms with E-state index in [9.17, 15) is 5.11 Å². The number of hydrogen-bond donors (Lipinski definition) is 2. The van der Waals surface area contributed by atoms with Crippen LogP contribution in [0, 0.1) is 5.92 Å². The van der Waals surface area contributed by atoms with Gasteiger partial charge in [-0.2, -0.15) is 0 Å². The molecule has 2 unspecified atom stereocenters. The first kappa shape index (κ1) is 15.8. The van der Waals surface area contributed by atoms with Crippen LogP contribution in [0.1, 0.15) is 25.0 Å². The van der Waals surface area contributed by atoms with E-state index >= 15 is 0 Å². The third kappa shape index (κ3) is 4.14. The Morgan fingerprint density at radius 3 is 2.50 bits per heavy atom. The predicted octanol–water partition coefficient (Wildman–Crippen LogP) is 1.98. The lowest BCUT2D eigenvalue weighted by Crippen LogP contribution is -2.24. The molecule has 3 nitrogen and oxygen atoms in total. The average Bonchev–Trinajstić information content (AvgIpc) is 2.38. The van der Waals surface area contributed by atoms with Gasteiger partial charge >= 0.3 is 0 Å². The Morgan fingerprint density at radius 1 is 1.33 bits per heavy atom. The second kappa shape index (κ2) is 7.36. The van der Waals surface area contributed by atoms with Crippen molar-refractivity contribution in [3.05, 3.63) is 33.8 Å². The molecular formula is C12H17BCl2O3. The maximum Gasteiger partial charge on any atom is 0.258 e. The van der Waals surface area contributed by atoms with Gasteiger partial charge in [-0.25, -0.2) is 0 Å². The fraction of sp³-hybridized carbons (Fsp3) is 0.500. The van der Waals surface area contributed by atoms with Crippen LogP contribution < -0.4 is 0 Å². The van der Waals surface area contributed by atoms with Crippen molar-refractivity contribution in [3.63, 3.8) is 0 Å². The summed E-state index contributed by atoms with van der Waals surface area (Å²) in [7, 11) is 1.60. The minimum absolute atomic E-state index is 0.0746. The summed E-state index contributed by atoms with van der Waals surface area (Å²) in [5.74, 6) is -0.0746. The lowest BCUT2D eigenvalue weighted by Gasteiger charge is -2.23. The molecule has 2 N–H and O–H groups in total. The number of rotatable bonds is 6. The molecule has 0 saturated carbocycles. The van der Waals surface area contributed by atoms with Crippen molar-refractivity contribution < 1.29 is 14.9 Å². The molecular weight excluding hydrogens is 274 g/mol. The van der Waals surface area contributed by atoms with Crippen molar-refractivity contribution in [1.29, 1.82) is 0 Å². The third-order valence-electron chi connectivity index (χ3n) is 3.03. The summed E-state index contributed by atoms with van der Waals surface area (Å²) >= 11 is 11.8. The number of benzene rings is 1. The molecule has 0 aromatic heterocycles. The van der Waals surface area contributed by atoms with Gasteiger partial charge in [0.25, 0.3) is 8.05 Å². The Balaban J connectivity index is 2.79. The average molecular weight is 291 g/mol. The Labute approximate surface area is 118 Å². The SMILES string of the molecule is BOC(C[C@H](C)C(O)CO)c1ccc(Cl)c(Cl)c1. The van der Waals surface area contributed by atoms with Crippen LogP contribution in [-0.4, -0.2) is 31.0 Å². The van der Waals surface area contributed by atoms with Crippen LogP contribution in [0.15, 0.2) is 18.2 Å². The lowest BCUT2D eigenvalue weighted by atomic mass is 9.94. The molecule has 0 amide bonds. The number of aliphatic hydroxyl groups is 2. The summed E-state index contributed by atoms with van der Waals surface area (Å²) in [5, 5.41) is 19.5. The summed E-state index contributed by atoms with van der Waals surface area (Å²) in [4.78, 5) is 0. The van der Waals surface area contributed by atoms with Gasteiger partial charge in [-0.1, -0.05) is 36.2 Å². The fourth-order valence-electron chi connectivity index (χ4n) is 1.76. The Hall–Kier alpha value is -0.255. The van der Waals surface area contributed by atoms with Gasteiger partial charge in [-0.05, 0) is 30.0 Å². The second-order valence-corrected chi connectivity index (χ2v) is 5.18. The summed E-state index contributed by atoms with van der Waals surface area (Å²) in [5.41, 5.74) is 0.906. The summed E-state index contributed by atoms with van der Waals surface area (Å²) < 4.78 is 5.40. The number of hydrogen-bond acceptors (Lipinski definition) is 3. The van der Waals surface area contributed by atoms with Crippen molar-refractivity contribution in [2.24, 2.45) is 5.92 Å². The highest BCUT2D eigenvalue weighted by Gasteiger charge is 2.20. The smallest absolute Gasteiger partial charge is 0.258 e. The molecule has 1 aromatic carbocycles. The molecule has 0 bridgehead atoms. The molecule has 0 aliphatic heterocycles. The van der Waals surface area contributed by atoms with Gasteiger partial charge in [0, 0.05) is 0 Å². The fourth-order valence-corrected chi connectivity index (χ4v) is 2.06. The Kier molecular flexibility index (Phi) is 6.46. The molecule has 0 spiro atoms. The molecule has 1 rings (SSSR count). The number of aliphatic hydroxyl groups excluding tert-OH is 2. The zero-order valence-corrected chi connectivity index (χ0v) is 11.9. The monoisotopic (exact) mass is 290 g/mol. The first-order valence-electron chi connectivity index (χ1n) is 5.76. The van der Waals surface area contributed by atoms with Gasteiger partial charge in [0.15, 0.2) is 0 Å². The predicted molar refractivity (Wildman–Crippen MR) is 75.7 cm³/mol. The molecule has 100 valence electrons. The summed E-state index contributed by atoms with van der Waals surface area (Å²) in [6.07, 6.45) is -0.336. The molecule has 3 atom stereocenters. The minimum Gasteiger partial charge on any atom is -0.437 e. The van der Waals surface area contributed by atoms with E-state index in [1.165, 1.54) is 0 Å². The van der Waals surface area contributed by atoms with E-state index < -0.39 is 6.10 Å². The molecule has 0 saturated heterocycles. The quantitative estimate of drug-likeness (QED) is 0.788. The summed E-state index contributed by atoms with van der Waals surface area (Å²) in [6.45, 7) is 1.61. The maximum absolute atomic E-state index is 9.56. The maximum atomic E-state index is 9.56. The van der Waals surface area contributed by atoms with E-state index in [-0.39, 0.29) is 18.6 Å². The highest BCUT2D eigenvalue weighted by Crippen LogP contribution is 2.30. The molecule has 18 heavy (non-hydrogen) atoms. The van der Waals surface area contributed by atoms with Gasteiger partial charge in [0.05, 0.1) is 28.9 Å². The van der Waals surface area contributed by atoms with Crippen LogP contribution in [0.3, 0.4) is 0 Å². The first-order valence-corrected chi connectivity index (χ1v) is 6.51. The van der Waals surface area contributed by atoms with Crippen LogP contribution in [0.2, 0.25) is 10.0 Å². The zero-order chi connectivity index (χ0) is 13.7. The van der Waals surface area contributed by atoms with Crippen molar-refractivity contribution in [2.45, 2.75) is 25.6 Å². The van der Waals surface area contributed by atoms with Crippen LogP contribution in [0.5, 0.6) is 0 Å². The van der Waals surface area contributed by atoms with Crippen molar-refractivity contribution in [3.8, 4) is 0 Å². The van der Waals surface area contributed by atoms with Gasteiger partial charge in [0.1, 0.15) is 0 Å². The van der Waals surface area contributed by atoms with E-state index in [1.807, 2.05) is 13.0 Å². The zero-order valence-electron chi connectivity index (χ0n) is 10.4. The van der Waals surface area contributed by atoms with Gasteiger partial charge in [-0.15, -0.1) is 0 Å². The third-order valence-corrected chi connectivity index (χ3v) is 3.77. The molecule has 1 aromatic rings. The Morgan fingerprint density at radius 2 is 2.00 bits per heavy atom. The Bertz CT molecular complexity index is 390. The standard InChI is InChI=1S/C12H17BCl2O3/c1-7(11(17)6-16)4-12(18-13)8-2-3-9(14)10(15)5-8/h2-3,5,7,11-12,16-17H,4,6,13H2,1H3/t7-,11?,12?/m0/s1. The van der Waals surface area contributed by atoms with E-state index in [0.717, 1.165) is 5.56 Å². The van der Waals surface area contributed by atoms with Crippen molar-refractivity contribution in [2.75, 3.05) is 6.61 Å². The van der Waals surface area contributed by atoms with Crippen LogP contribution in [0.25, 0.3) is 0 Å². The van der Waals surface area contributed by atoms with E-state index in [0.29, 0.717) is 16.5 Å². The second-order valence-electron chi connectivity index (χ2n) is 4.36. The van der Waals surface area contributed by atoms with Crippen molar-refractivity contribution >= 4 is 31.3 Å². The van der Waals surface area contributed by atoms with Crippen molar-refractivity contribution in [1.82, 2.24) is 0 Å². The van der Waals surface area contributed by atoms with Gasteiger partial charge in [0.2, 0.25) is 0 Å². The first-order chi connectivity index (χ1) is 8.49. The van der Waals surface area contributed by atoms with Crippen LogP contribution in [-0.2, 0) is 4.65 Å². The minimum atomic E-state index is -0.745. The molecule has 0 heterocycles. The topological polar surface area (TPSA) is 49.7 Å². The molecule has 0 fully saturated rings. The van der Waals surface area contributed by atoms with E-state index in [2.05, 4.69) is 0 Å². The van der Waals surface area contributed by atoms with Crippen LogP contribution >= 0.6 is 23.2 Å². The van der Waals surface area contributed by atoms with Gasteiger partial charge in [-0.3, -0.25) is 0 Å². The highest BCUT2D eigenvalue weighted by atomic mass is 35.5. The summed E-state index contributed by atoms with van der Waals surface area (Å²) in [6, 6.07) is 5.33. The van der Waals surface area contributed by atoms with Gasteiger partial charge < -0.3 is 14.9 Å². The molecule has 0 aliphatic rings. The lowest BCUT2D eigenvalue weighted by molar-refractivity contribution is 0.0346.